The minimum absolute atomic E-state index is 0.238. The molecule has 0 spiro atoms. The summed E-state index contributed by atoms with van der Waals surface area (Å²) in [5.41, 5.74) is 15.3. The van der Waals surface area contributed by atoms with E-state index in [2.05, 4.69) is 43.3 Å². The Labute approximate surface area is 216 Å². The lowest BCUT2D eigenvalue weighted by Crippen LogP contribution is -2.16. The summed E-state index contributed by atoms with van der Waals surface area (Å²) in [4.78, 5) is 0. The van der Waals surface area contributed by atoms with Gasteiger partial charge in [-0.05, 0) is 92.1 Å². The van der Waals surface area contributed by atoms with E-state index in [1.807, 2.05) is 24.3 Å². The maximum Gasteiger partial charge on any atom is 0.142 e. The quantitative estimate of drug-likeness (QED) is 0.158. The van der Waals surface area contributed by atoms with Crippen LogP contribution in [0.15, 0.2) is 66.7 Å². The average Bonchev–Trinajstić information content (AvgIpc) is 2.90. The first-order valence-corrected chi connectivity index (χ1v) is 13.3. The maximum atomic E-state index is 6.45. The van der Waals surface area contributed by atoms with Crippen molar-refractivity contribution in [3.05, 3.63) is 66.7 Å². The molecule has 0 aliphatic heterocycles. The molecule has 5 nitrogen and oxygen atoms in total. The third-order valence-electron chi connectivity index (χ3n) is 6.42. The van der Waals surface area contributed by atoms with E-state index in [-0.39, 0.29) is 6.10 Å². The zero-order chi connectivity index (χ0) is 25.6. The Morgan fingerprint density at radius 3 is 1.89 bits per heavy atom. The SMILES string of the molecule is CCCCCCC(CCCCCOc1ccc(N)cc1N)Oc1ccc(-c2ccc(OC)cc2)cc1. The van der Waals surface area contributed by atoms with Gasteiger partial charge in [0.05, 0.1) is 25.5 Å². The lowest BCUT2D eigenvalue weighted by Gasteiger charge is -2.20. The van der Waals surface area contributed by atoms with Gasteiger partial charge >= 0.3 is 0 Å². The third kappa shape index (κ3) is 9.03. The number of methoxy groups -OCH3 is 1. The van der Waals surface area contributed by atoms with Gasteiger partial charge in [0.15, 0.2) is 0 Å². The average molecular weight is 491 g/mol. The van der Waals surface area contributed by atoms with Crippen molar-refractivity contribution in [3.63, 3.8) is 0 Å². The van der Waals surface area contributed by atoms with Gasteiger partial charge in [-0.25, -0.2) is 0 Å². The smallest absolute Gasteiger partial charge is 0.142 e. The van der Waals surface area contributed by atoms with E-state index in [0.29, 0.717) is 23.7 Å². The summed E-state index contributed by atoms with van der Waals surface area (Å²) in [6, 6.07) is 22.0. The maximum absolute atomic E-state index is 6.45. The van der Waals surface area contributed by atoms with Crippen molar-refractivity contribution in [1.29, 1.82) is 0 Å². The second kappa shape index (κ2) is 14.9. The zero-order valence-electron chi connectivity index (χ0n) is 21.9. The van der Waals surface area contributed by atoms with Gasteiger partial charge in [-0.1, -0.05) is 50.5 Å². The highest BCUT2D eigenvalue weighted by atomic mass is 16.5. The van der Waals surface area contributed by atoms with Crippen LogP contribution < -0.4 is 25.7 Å². The molecule has 0 heterocycles. The molecule has 1 atom stereocenters. The molecule has 1 unspecified atom stereocenters. The Kier molecular flexibility index (Phi) is 11.3. The first-order chi connectivity index (χ1) is 17.6. The third-order valence-corrected chi connectivity index (χ3v) is 6.42. The van der Waals surface area contributed by atoms with Crippen LogP contribution in [0.5, 0.6) is 17.2 Å². The van der Waals surface area contributed by atoms with Gasteiger partial charge in [-0.2, -0.15) is 0 Å². The van der Waals surface area contributed by atoms with Crippen molar-refractivity contribution in [1.82, 2.24) is 0 Å². The van der Waals surface area contributed by atoms with Gasteiger partial charge in [0.25, 0.3) is 0 Å². The van der Waals surface area contributed by atoms with E-state index < -0.39 is 0 Å². The summed E-state index contributed by atoms with van der Waals surface area (Å²) in [5.74, 6) is 2.51. The molecule has 0 amide bonds. The van der Waals surface area contributed by atoms with Crippen molar-refractivity contribution in [2.45, 2.75) is 70.8 Å². The largest absolute Gasteiger partial charge is 0.497 e. The monoisotopic (exact) mass is 490 g/mol. The fraction of sp³-hybridized carbons (Fsp3) is 0.419. The molecule has 4 N–H and O–H groups in total. The number of nitrogens with two attached hydrogens (primary N) is 2. The molecule has 0 saturated carbocycles. The van der Waals surface area contributed by atoms with Gasteiger partial charge in [0.1, 0.15) is 17.2 Å². The molecule has 5 heteroatoms. The van der Waals surface area contributed by atoms with Crippen LogP contribution >= 0.6 is 0 Å². The number of ether oxygens (including phenoxy) is 3. The summed E-state index contributed by atoms with van der Waals surface area (Å²) >= 11 is 0. The standard InChI is InChI=1S/C31H42N2O3/c1-3-4-5-7-10-28(11-8-6-9-22-35-31-21-16-26(32)23-30(31)33)36-29-19-14-25(15-20-29)24-12-17-27(34-2)18-13-24/h12-21,23,28H,3-11,22,32-33H2,1-2H3. The number of benzene rings is 3. The Morgan fingerprint density at radius 1 is 0.694 bits per heavy atom. The molecule has 0 aliphatic carbocycles. The lowest BCUT2D eigenvalue weighted by molar-refractivity contribution is 0.171. The Balaban J connectivity index is 1.46. The van der Waals surface area contributed by atoms with Crippen LogP contribution in [0.1, 0.15) is 64.7 Å². The van der Waals surface area contributed by atoms with Crippen LogP contribution in [0.4, 0.5) is 11.4 Å². The molecule has 0 saturated heterocycles. The Bertz CT molecular complexity index is 1020. The first kappa shape index (κ1) is 27.3. The second-order valence-electron chi connectivity index (χ2n) is 9.34. The molecule has 3 rings (SSSR count). The van der Waals surface area contributed by atoms with Crippen molar-refractivity contribution < 1.29 is 14.2 Å². The molecule has 3 aromatic rings. The van der Waals surface area contributed by atoms with Crippen LogP contribution in [0.3, 0.4) is 0 Å². The number of nitrogen functional groups attached to an aromatic ring is 2. The van der Waals surface area contributed by atoms with Gasteiger partial charge in [-0.15, -0.1) is 0 Å². The molecular weight excluding hydrogens is 448 g/mol. The lowest BCUT2D eigenvalue weighted by atomic mass is 10.0. The molecule has 0 fully saturated rings. The fourth-order valence-electron chi connectivity index (χ4n) is 4.29. The number of anilines is 2. The topological polar surface area (TPSA) is 79.7 Å². The number of hydrogen-bond acceptors (Lipinski definition) is 5. The normalized spacial score (nSPS) is 11.7. The van der Waals surface area contributed by atoms with Crippen molar-refractivity contribution >= 4 is 11.4 Å². The van der Waals surface area contributed by atoms with Gasteiger partial charge in [0.2, 0.25) is 0 Å². The second-order valence-corrected chi connectivity index (χ2v) is 9.34. The van der Waals surface area contributed by atoms with Crippen LogP contribution in [-0.4, -0.2) is 19.8 Å². The van der Waals surface area contributed by atoms with Gasteiger partial charge < -0.3 is 25.7 Å². The fourth-order valence-corrected chi connectivity index (χ4v) is 4.29. The summed E-state index contributed by atoms with van der Waals surface area (Å²) in [6.07, 6.45) is 10.6. The Morgan fingerprint density at radius 2 is 1.31 bits per heavy atom. The van der Waals surface area contributed by atoms with Crippen molar-refractivity contribution in [3.8, 4) is 28.4 Å². The van der Waals surface area contributed by atoms with E-state index >= 15 is 0 Å². The van der Waals surface area contributed by atoms with Gasteiger partial charge in [0, 0.05) is 5.69 Å². The summed E-state index contributed by atoms with van der Waals surface area (Å²) in [5, 5.41) is 0. The van der Waals surface area contributed by atoms with Crippen LogP contribution in [0, 0.1) is 0 Å². The van der Waals surface area contributed by atoms with Crippen LogP contribution in [0.25, 0.3) is 11.1 Å². The number of hydrogen-bond donors (Lipinski definition) is 2. The predicted octanol–water partition coefficient (Wildman–Crippen LogP) is 7.88. The molecule has 0 aromatic heterocycles. The van der Waals surface area contributed by atoms with Gasteiger partial charge in [-0.3, -0.25) is 0 Å². The summed E-state index contributed by atoms with van der Waals surface area (Å²) in [7, 11) is 1.69. The highest BCUT2D eigenvalue weighted by molar-refractivity contribution is 5.65. The molecule has 0 bridgehead atoms. The first-order valence-electron chi connectivity index (χ1n) is 13.3. The number of rotatable bonds is 16. The van der Waals surface area contributed by atoms with Crippen molar-refractivity contribution in [2.24, 2.45) is 0 Å². The minimum Gasteiger partial charge on any atom is -0.497 e. The molecule has 194 valence electrons. The summed E-state index contributed by atoms with van der Waals surface area (Å²) in [6.45, 7) is 2.90. The van der Waals surface area contributed by atoms with E-state index in [9.17, 15) is 0 Å². The molecule has 3 aromatic carbocycles. The highest BCUT2D eigenvalue weighted by Gasteiger charge is 2.11. The van der Waals surface area contributed by atoms with Crippen LogP contribution in [0.2, 0.25) is 0 Å². The highest BCUT2D eigenvalue weighted by Crippen LogP contribution is 2.27. The zero-order valence-corrected chi connectivity index (χ0v) is 21.9. The van der Waals surface area contributed by atoms with E-state index in [1.165, 1.54) is 36.8 Å². The van der Waals surface area contributed by atoms with E-state index in [1.54, 1.807) is 13.2 Å². The van der Waals surface area contributed by atoms with E-state index in [4.69, 9.17) is 25.7 Å². The molecule has 0 aliphatic rings. The molecule has 36 heavy (non-hydrogen) atoms. The predicted molar refractivity (Wildman–Crippen MR) is 151 cm³/mol. The summed E-state index contributed by atoms with van der Waals surface area (Å²) < 4.78 is 17.5. The minimum atomic E-state index is 0.238. The molecule has 0 radical (unpaired) electrons. The van der Waals surface area contributed by atoms with Crippen LogP contribution in [-0.2, 0) is 0 Å². The van der Waals surface area contributed by atoms with E-state index in [0.717, 1.165) is 43.6 Å². The molecular formula is C31H42N2O3. The Hall–Kier alpha value is -3.34. The number of unbranched alkanes of at least 4 members (excludes halogenated alkanes) is 5. The van der Waals surface area contributed by atoms with Crippen molar-refractivity contribution in [2.75, 3.05) is 25.2 Å².